The van der Waals surface area contributed by atoms with Crippen molar-refractivity contribution in [3.63, 3.8) is 0 Å². The van der Waals surface area contributed by atoms with Gasteiger partial charge in [0.05, 0.1) is 7.11 Å². The Balaban J connectivity index is 2.50. The van der Waals surface area contributed by atoms with Crippen molar-refractivity contribution in [2.45, 2.75) is 32.1 Å². The van der Waals surface area contributed by atoms with Crippen LogP contribution < -0.4 is 0 Å². The third kappa shape index (κ3) is 3.52. The fourth-order valence-electron chi connectivity index (χ4n) is 1.75. The summed E-state index contributed by atoms with van der Waals surface area (Å²) in [5, 5.41) is 0.667. The number of ether oxygens (including phenoxy) is 1. The summed E-state index contributed by atoms with van der Waals surface area (Å²) < 4.78 is 4.67. The first-order valence-electron chi connectivity index (χ1n) is 5.67. The van der Waals surface area contributed by atoms with E-state index in [-0.39, 0.29) is 5.97 Å². The number of rotatable bonds is 3. The van der Waals surface area contributed by atoms with Crippen LogP contribution >= 0.6 is 11.8 Å². The highest BCUT2D eigenvalue weighted by Crippen LogP contribution is 2.23. The third-order valence-electron chi connectivity index (χ3n) is 3.15. The summed E-state index contributed by atoms with van der Waals surface area (Å²) in [7, 11) is 1.42. The van der Waals surface area contributed by atoms with Gasteiger partial charge in [-0.2, -0.15) is 11.8 Å². The standard InChI is InChI=1S/C12H21NO2S/c1-9(12(14)15-4)5-6-13-7-8-16-11(3)10(13)2/h5,10-11H,6-8H2,1-4H3. The molecule has 1 rings (SSSR count). The highest BCUT2D eigenvalue weighted by atomic mass is 32.2. The van der Waals surface area contributed by atoms with Gasteiger partial charge < -0.3 is 4.74 Å². The van der Waals surface area contributed by atoms with Gasteiger partial charge in [0.15, 0.2) is 0 Å². The lowest BCUT2D eigenvalue weighted by Gasteiger charge is -2.36. The van der Waals surface area contributed by atoms with E-state index in [1.165, 1.54) is 12.9 Å². The Labute approximate surface area is 102 Å². The zero-order chi connectivity index (χ0) is 12.1. The number of methoxy groups -OCH3 is 1. The number of esters is 1. The molecule has 0 bridgehead atoms. The van der Waals surface area contributed by atoms with Crippen molar-refractivity contribution < 1.29 is 9.53 Å². The van der Waals surface area contributed by atoms with Gasteiger partial charge in [0.1, 0.15) is 0 Å². The second kappa shape index (κ2) is 6.30. The summed E-state index contributed by atoms with van der Waals surface area (Å²) in [5.41, 5.74) is 0.695. The Morgan fingerprint density at radius 3 is 2.88 bits per heavy atom. The number of hydrogen-bond acceptors (Lipinski definition) is 4. The highest BCUT2D eigenvalue weighted by Gasteiger charge is 2.24. The van der Waals surface area contributed by atoms with E-state index >= 15 is 0 Å². The molecule has 0 amide bonds. The van der Waals surface area contributed by atoms with Gasteiger partial charge >= 0.3 is 5.97 Å². The van der Waals surface area contributed by atoms with Crippen molar-refractivity contribution in [1.82, 2.24) is 4.90 Å². The Kier molecular flexibility index (Phi) is 5.35. The zero-order valence-electron chi connectivity index (χ0n) is 10.5. The van der Waals surface area contributed by atoms with Crippen LogP contribution in [0.25, 0.3) is 0 Å². The van der Waals surface area contributed by atoms with Gasteiger partial charge in [0.2, 0.25) is 0 Å². The van der Waals surface area contributed by atoms with Crippen LogP contribution in [0.5, 0.6) is 0 Å². The van der Waals surface area contributed by atoms with E-state index in [9.17, 15) is 4.79 Å². The Bertz CT molecular complexity index is 278. The van der Waals surface area contributed by atoms with E-state index in [0.717, 1.165) is 13.1 Å². The smallest absolute Gasteiger partial charge is 0.333 e. The SMILES string of the molecule is COC(=O)C(C)=CCN1CCSC(C)C1C. The van der Waals surface area contributed by atoms with Gasteiger partial charge in [-0.3, -0.25) is 4.90 Å². The molecule has 16 heavy (non-hydrogen) atoms. The van der Waals surface area contributed by atoms with Crippen LogP contribution in [-0.2, 0) is 9.53 Å². The summed E-state index contributed by atoms with van der Waals surface area (Å²) in [6.07, 6.45) is 1.96. The minimum atomic E-state index is -0.230. The van der Waals surface area contributed by atoms with Crippen molar-refractivity contribution in [2.75, 3.05) is 26.0 Å². The van der Waals surface area contributed by atoms with Crippen LogP contribution in [0, 0.1) is 0 Å². The molecule has 92 valence electrons. The Morgan fingerprint density at radius 1 is 1.56 bits per heavy atom. The molecule has 1 saturated heterocycles. The molecule has 0 spiro atoms. The minimum absolute atomic E-state index is 0.230. The first-order valence-corrected chi connectivity index (χ1v) is 6.72. The van der Waals surface area contributed by atoms with Crippen LogP contribution in [0.3, 0.4) is 0 Å². The van der Waals surface area contributed by atoms with Gasteiger partial charge in [-0.1, -0.05) is 13.0 Å². The quantitative estimate of drug-likeness (QED) is 0.559. The second-order valence-electron chi connectivity index (χ2n) is 4.19. The molecule has 2 unspecified atom stereocenters. The summed E-state index contributed by atoms with van der Waals surface area (Å²) in [5.74, 6) is 0.948. The molecule has 0 aromatic carbocycles. The van der Waals surface area contributed by atoms with E-state index in [2.05, 4.69) is 23.5 Å². The molecule has 0 N–H and O–H groups in total. The molecule has 0 aromatic heterocycles. The average molecular weight is 243 g/mol. The summed E-state index contributed by atoms with van der Waals surface area (Å²) >= 11 is 2.02. The summed E-state index contributed by atoms with van der Waals surface area (Å²) in [6, 6.07) is 0.570. The molecule has 0 radical (unpaired) electrons. The van der Waals surface area contributed by atoms with E-state index in [1.807, 2.05) is 17.8 Å². The van der Waals surface area contributed by atoms with Crippen molar-refractivity contribution in [2.24, 2.45) is 0 Å². The molecule has 1 fully saturated rings. The second-order valence-corrected chi connectivity index (χ2v) is 5.68. The van der Waals surface area contributed by atoms with Crippen molar-refractivity contribution in [3.8, 4) is 0 Å². The third-order valence-corrected chi connectivity index (χ3v) is 4.49. The number of carbonyl (C=O) groups is 1. The average Bonchev–Trinajstić information content (AvgIpc) is 2.29. The molecule has 3 nitrogen and oxygen atoms in total. The molecule has 2 atom stereocenters. The molecule has 1 heterocycles. The van der Waals surface area contributed by atoms with Crippen LogP contribution in [0.2, 0.25) is 0 Å². The molecule has 0 aliphatic carbocycles. The van der Waals surface area contributed by atoms with Crippen LogP contribution in [0.1, 0.15) is 20.8 Å². The summed E-state index contributed by atoms with van der Waals surface area (Å²) in [6.45, 7) is 8.25. The zero-order valence-corrected chi connectivity index (χ0v) is 11.3. The molecule has 0 aromatic rings. The van der Waals surface area contributed by atoms with Gasteiger partial charge in [-0.25, -0.2) is 4.79 Å². The lowest BCUT2D eigenvalue weighted by Crippen LogP contribution is -2.44. The maximum Gasteiger partial charge on any atom is 0.333 e. The van der Waals surface area contributed by atoms with Gasteiger partial charge in [0, 0.05) is 35.7 Å². The van der Waals surface area contributed by atoms with Crippen LogP contribution in [0.4, 0.5) is 0 Å². The van der Waals surface area contributed by atoms with Crippen molar-refractivity contribution >= 4 is 17.7 Å². The van der Waals surface area contributed by atoms with E-state index < -0.39 is 0 Å². The molecular weight excluding hydrogens is 222 g/mol. The maximum atomic E-state index is 11.2. The highest BCUT2D eigenvalue weighted by molar-refractivity contribution is 8.00. The molecule has 0 saturated carbocycles. The van der Waals surface area contributed by atoms with Gasteiger partial charge in [-0.05, 0) is 13.8 Å². The summed E-state index contributed by atoms with van der Waals surface area (Å²) in [4.78, 5) is 13.6. The predicted octanol–water partition coefficient (Wildman–Crippen LogP) is 1.93. The lowest BCUT2D eigenvalue weighted by molar-refractivity contribution is -0.136. The minimum Gasteiger partial charge on any atom is -0.466 e. The van der Waals surface area contributed by atoms with Crippen molar-refractivity contribution in [1.29, 1.82) is 0 Å². The molecule has 1 aliphatic heterocycles. The normalized spacial score (nSPS) is 27.9. The molecule has 1 aliphatic rings. The predicted molar refractivity (Wildman–Crippen MR) is 68.7 cm³/mol. The number of hydrogen-bond donors (Lipinski definition) is 0. The van der Waals surface area contributed by atoms with Crippen LogP contribution in [-0.4, -0.2) is 48.1 Å². The van der Waals surface area contributed by atoms with Crippen LogP contribution in [0.15, 0.2) is 11.6 Å². The van der Waals surface area contributed by atoms with Gasteiger partial charge in [-0.15, -0.1) is 0 Å². The Morgan fingerprint density at radius 2 is 2.25 bits per heavy atom. The number of carbonyl (C=O) groups excluding carboxylic acids is 1. The topological polar surface area (TPSA) is 29.5 Å². The molecule has 4 heteroatoms. The van der Waals surface area contributed by atoms with E-state index in [4.69, 9.17) is 0 Å². The first-order chi connectivity index (χ1) is 7.56. The number of nitrogens with zero attached hydrogens (tertiary/aromatic N) is 1. The number of thioether (sulfide) groups is 1. The van der Waals surface area contributed by atoms with Crippen molar-refractivity contribution in [3.05, 3.63) is 11.6 Å². The largest absolute Gasteiger partial charge is 0.466 e. The fraction of sp³-hybridized carbons (Fsp3) is 0.750. The Hall–Kier alpha value is -0.480. The lowest BCUT2D eigenvalue weighted by atomic mass is 10.2. The fourth-order valence-corrected chi connectivity index (χ4v) is 2.91. The maximum absolute atomic E-state index is 11.2. The van der Waals surface area contributed by atoms with E-state index in [1.54, 1.807) is 6.92 Å². The van der Waals surface area contributed by atoms with E-state index in [0.29, 0.717) is 16.9 Å². The molecular formula is C12H21NO2S. The van der Waals surface area contributed by atoms with Gasteiger partial charge in [0.25, 0.3) is 0 Å². The first kappa shape index (κ1) is 13.6. The monoisotopic (exact) mass is 243 g/mol.